The summed E-state index contributed by atoms with van der Waals surface area (Å²) in [4.78, 5) is 11.6. The number of benzene rings is 1. The zero-order chi connectivity index (χ0) is 14.4. The van der Waals surface area contributed by atoms with Gasteiger partial charge in [-0.15, -0.1) is 11.3 Å². The molecule has 0 saturated heterocycles. The predicted molar refractivity (Wildman–Crippen MR) is 67.5 cm³/mol. The fourth-order valence-corrected chi connectivity index (χ4v) is 2.99. The van der Waals surface area contributed by atoms with Gasteiger partial charge in [0, 0.05) is 9.58 Å². The first kappa shape index (κ1) is 13.9. The van der Waals surface area contributed by atoms with Gasteiger partial charge in [0.2, 0.25) is 0 Å². The number of thiophene rings is 1. The number of rotatable bonds is 2. The summed E-state index contributed by atoms with van der Waals surface area (Å²) in [6.07, 6.45) is -4.44. The number of hydrogen-bond donors (Lipinski definition) is 1. The molecule has 1 heterocycles. The zero-order valence-electron chi connectivity index (χ0n) is 10.2. The lowest BCUT2D eigenvalue weighted by Gasteiger charge is -2.16. The second-order valence-electron chi connectivity index (χ2n) is 4.76. The molecule has 1 aromatic heterocycles. The van der Waals surface area contributed by atoms with Crippen molar-refractivity contribution in [3.8, 4) is 0 Å². The summed E-state index contributed by atoms with van der Waals surface area (Å²) in [5.41, 5.74) is -1.92. The van der Waals surface area contributed by atoms with E-state index < -0.39 is 23.1 Å². The van der Waals surface area contributed by atoms with E-state index in [-0.39, 0.29) is 4.70 Å². The Morgan fingerprint density at radius 1 is 1.26 bits per heavy atom. The van der Waals surface area contributed by atoms with Crippen LogP contribution in [-0.4, -0.2) is 11.1 Å². The molecular formula is C13H11F3O2S. The van der Waals surface area contributed by atoms with Crippen LogP contribution in [0.25, 0.3) is 10.1 Å². The molecule has 0 fully saturated rings. The van der Waals surface area contributed by atoms with Crippen molar-refractivity contribution in [2.75, 3.05) is 0 Å². The topological polar surface area (TPSA) is 37.3 Å². The SMILES string of the molecule is CC(C)(C(=O)O)c1cc2cccc(C(F)(F)F)c2s1. The lowest BCUT2D eigenvalue weighted by Crippen LogP contribution is -2.27. The molecule has 0 saturated carbocycles. The van der Waals surface area contributed by atoms with Crippen molar-refractivity contribution < 1.29 is 23.1 Å². The van der Waals surface area contributed by atoms with Crippen molar-refractivity contribution >= 4 is 27.4 Å². The minimum absolute atomic E-state index is 0.0827. The minimum atomic E-state index is -4.44. The first-order valence-corrected chi connectivity index (χ1v) is 6.29. The molecule has 0 aliphatic heterocycles. The first-order chi connectivity index (χ1) is 8.64. The summed E-state index contributed by atoms with van der Waals surface area (Å²) in [6, 6.07) is 5.41. The number of carbonyl (C=O) groups is 1. The Bertz CT molecular complexity index is 641. The van der Waals surface area contributed by atoms with Crippen molar-refractivity contribution in [3.63, 3.8) is 0 Å². The Morgan fingerprint density at radius 3 is 2.42 bits per heavy atom. The largest absolute Gasteiger partial charge is 0.481 e. The van der Waals surface area contributed by atoms with Gasteiger partial charge in [0.1, 0.15) is 0 Å². The average molecular weight is 288 g/mol. The summed E-state index contributed by atoms with van der Waals surface area (Å²) < 4.78 is 38.7. The van der Waals surface area contributed by atoms with Crippen LogP contribution in [0.5, 0.6) is 0 Å². The Morgan fingerprint density at radius 2 is 1.89 bits per heavy atom. The van der Waals surface area contributed by atoms with Gasteiger partial charge in [-0.25, -0.2) is 0 Å². The highest BCUT2D eigenvalue weighted by atomic mass is 32.1. The van der Waals surface area contributed by atoms with Gasteiger partial charge in [-0.05, 0) is 31.4 Å². The maximum atomic E-state index is 12.9. The van der Waals surface area contributed by atoms with Crippen LogP contribution in [-0.2, 0) is 16.4 Å². The van der Waals surface area contributed by atoms with E-state index in [1.54, 1.807) is 6.07 Å². The standard InChI is InChI=1S/C13H11F3O2S/c1-12(2,11(17)18)9-6-7-4-3-5-8(10(7)19-9)13(14,15)16/h3-6H,1-2H3,(H,17,18). The van der Waals surface area contributed by atoms with E-state index in [2.05, 4.69) is 0 Å². The number of carboxylic acids is 1. The lowest BCUT2D eigenvalue weighted by atomic mass is 9.91. The Balaban J connectivity index is 2.68. The van der Waals surface area contributed by atoms with E-state index in [0.29, 0.717) is 10.3 Å². The van der Waals surface area contributed by atoms with Crippen molar-refractivity contribution in [3.05, 3.63) is 34.7 Å². The fraction of sp³-hybridized carbons (Fsp3) is 0.308. The highest BCUT2D eigenvalue weighted by molar-refractivity contribution is 7.19. The second kappa shape index (κ2) is 4.23. The number of hydrogen-bond acceptors (Lipinski definition) is 2. The van der Waals surface area contributed by atoms with E-state index in [4.69, 9.17) is 5.11 Å². The number of halogens is 3. The molecule has 0 atom stereocenters. The second-order valence-corrected chi connectivity index (χ2v) is 5.81. The zero-order valence-corrected chi connectivity index (χ0v) is 11.0. The molecule has 0 radical (unpaired) electrons. The summed E-state index contributed by atoms with van der Waals surface area (Å²) in [5.74, 6) is -1.06. The van der Waals surface area contributed by atoms with Crippen LogP contribution < -0.4 is 0 Å². The molecule has 0 unspecified atom stereocenters. The number of aliphatic carboxylic acids is 1. The van der Waals surface area contributed by atoms with Crippen LogP contribution in [0, 0.1) is 0 Å². The molecule has 0 spiro atoms. The van der Waals surface area contributed by atoms with Gasteiger partial charge in [0.25, 0.3) is 0 Å². The van der Waals surface area contributed by atoms with Gasteiger partial charge in [0.05, 0.1) is 11.0 Å². The maximum absolute atomic E-state index is 12.9. The van der Waals surface area contributed by atoms with Crippen molar-refractivity contribution in [1.82, 2.24) is 0 Å². The molecule has 2 nitrogen and oxygen atoms in total. The minimum Gasteiger partial charge on any atom is -0.481 e. The molecule has 1 N–H and O–H groups in total. The van der Waals surface area contributed by atoms with Gasteiger partial charge in [0.15, 0.2) is 0 Å². The first-order valence-electron chi connectivity index (χ1n) is 5.47. The smallest absolute Gasteiger partial charge is 0.417 e. The van der Waals surface area contributed by atoms with E-state index in [1.807, 2.05) is 0 Å². The molecule has 2 aromatic rings. The van der Waals surface area contributed by atoms with Gasteiger partial charge < -0.3 is 5.11 Å². The maximum Gasteiger partial charge on any atom is 0.417 e. The Labute approximate surface area is 111 Å². The highest BCUT2D eigenvalue weighted by Crippen LogP contribution is 2.41. The third-order valence-electron chi connectivity index (χ3n) is 3.00. The third-order valence-corrected chi connectivity index (χ3v) is 4.51. The number of carboxylic acid groups (broad SMARTS) is 1. The van der Waals surface area contributed by atoms with E-state index in [9.17, 15) is 18.0 Å². The van der Waals surface area contributed by atoms with Crippen molar-refractivity contribution in [1.29, 1.82) is 0 Å². The lowest BCUT2D eigenvalue weighted by molar-refractivity contribution is -0.142. The molecule has 102 valence electrons. The summed E-state index contributed by atoms with van der Waals surface area (Å²) >= 11 is 0.885. The van der Waals surface area contributed by atoms with E-state index in [1.165, 1.54) is 26.0 Å². The van der Waals surface area contributed by atoms with E-state index in [0.717, 1.165) is 17.4 Å². The van der Waals surface area contributed by atoms with Gasteiger partial charge >= 0.3 is 12.1 Å². The molecule has 1 aromatic carbocycles. The number of fused-ring (bicyclic) bond motifs is 1. The monoisotopic (exact) mass is 288 g/mol. The summed E-state index contributed by atoms with van der Waals surface area (Å²) in [7, 11) is 0. The fourth-order valence-electron chi connectivity index (χ4n) is 1.70. The van der Waals surface area contributed by atoms with Gasteiger partial charge in [-0.1, -0.05) is 12.1 Å². The van der Waals surface area contributed by atoms with Crippen molar-refractivity contribution in [2.45, 2.75) is 25.4 Å². The molecule has 6 heteroatoms. The average Bonchev–Trinajstić information content (AvgIpc) is 2.70. The molecule has 0 amide bonds. The highest BCUT2D eigenvalue weighted by Gasteiger charge is 2.36. The van der Waals surface area contributed by atoms with Crippen LogP contribution in [0.4, 0.5) is 13.2 Å². The summed E-state index contributed by atoms with van der Waals surface area (Å²) in [6.45, 7) is 2.96. The molecule has 0 aliphatic carbocycles. The van der Waals surface area contributed by atoms with Crippen molar-refractivity contribution in [2.24, 2.45) is 0 Å². The van der Waals surface area contributed by atoms with E-state index >= 15 is 0 Å². The van der Waals surface area contributed by atoms with Crippen LogP contribution in [0.1, 0.15) is 24.3 Å². The van der Waals surface area contributed by atoms with Gasteiger partial charge in [-0.2, -0.15) is 13.2 Å². The Hall–Kier alpha value is -1.56. The quantitative estimate of drug-likeness (QED) is 0.895. The molecular weight excluding hydrogens is 277 g/mol. The van der Waals surface area contributed by atoms with Crippen LogP contribution in [0.2, 0.25) is 0 Å². The number of alkyl halides is 3. The molecule has 19 heavy (non-hydrogen) atoms. The Kier molecular flexibility index (Phi) is 3.09. The molecule has 2 rings (SSSR count). The summed E-state index contributed by atoms with van der Waals surface area (Å²) in [5, 5.41) is 9.55. The molecule has 0 aliphatic rings. The molecule has 0 bridgehead atoms. The normalized spacial score (nSPS) is 12.9. The van der Waals surface area contributed by atoms with Crippen LogP contribution >= 0.6 is 11.3 Å². The van der Waals surface area contributed by atoms with Gasteiger partial charge in [-0.3, -0.25) is 4.79 Å². The van der Waals surface area contributed by atoms with Crippen LogP contribution in [0.3, 0.4) is 0 Å². The predicted octanol–water partition coefficient (Wildman–Crippen LogP) is 4.28. The third kappa shape index (κ3) is 2.32. The van der Waals surface area contributed by atoms with Crippen LogP contribution in [0.15, 0.2) is 24.3 Å².